The van der Waals surface area contributed by atoms with E-state index in [-0.39, 0.29) is 141 Å². The first kappa shape index (κ1) is 42.0. The van der Waals surface area contributed by atoms with E-state index < -0.39 is 50.1 Å². The molecule has 0 saturated carbocycles. The Hall–Kier alpha value is -0.480. The molecule has 2 rings (SSSR count). The van der Waals surface area contributed by atoms with Gasteiger partial charge in [-0.2, -0.15) is 0 Å². The molecule has 0 bridgehead atoms. The monoisotopic (exact) mass is 568 g/mol. The Labute approximate surface area is 307 Å². The van der Waals surface area contributed by atoms with Crippen LogP contribution in [0.25, 0.3) is 11.1 Å². The second kappa shape index (κ2) is 20.4. The summed E-state index contributed by atoms with van der Waals surface area (Å²) in [5.41, 5.74) is 1.76. The van der Waals surface area contributed by atoms with Gasteiger partial charge in [-0.1, -0.05) is 12.1 Å². The van der Waals surface area contributed by atoms with Gasteiger partial charge >= 0.3 is 23.9 Å². The number of carboxylic acid groups (broad SMARTS) is 4. The fourth-order valence-electron chi connectivity index (χ4n) is 3.34. The fraction of sp³-hybridized carbons (Fsp3) is 0.273. The number of benzene rings is 2. The van der Waals surface area contributed by atoms with Crippen LogP contribution in [0.4, 0.5) is 11.4 Å². The molecule has 0 aromatic heterocycles. The third-order valence-corrected chi connectivity index (χ3v) is 4.68. The molecule has 4 radical (unpaired) electrons. The fourth-order valence-corrected chi connectivity index (χ4v) is 3.34. The van der Waals surface area contributed by atoms with Gasteiger partial charge in [0.25, 0.3) is 0 Å². The van der Waals surface area contributed by atoms with Gasteiger partial charge in [0.05, 0.1) is 25.6 Å². The molecule has 4 N–H and O–H groups in total. The second-order valence-corrected chi connectivity index (χ2v) is 7.06. The number of hydrogen-bond donors (Lipinski definition) is 4. The Kier molecular flexibility index (Phi) is 22.5. The smallest absolute Gasteiger partial charge is 0.323 e. The van der Waals surface area contributed by atoms with Crippen LogP contribution in [0.3, 0.4) is 0 Å². The van der Waals surface area contributed by atoms with Crippen molar-refractivity contribution in [2.45, 2.75) is 0 Å². The predicted octanol–water partition coefficient (Wildman–Crippen LogP) is -0.201. The zero-order valence-electron chi connectivity index (χ0n) is 22.4. The SMILES string of the molecule is COc1cc(-c2ccc(N(CC(=O)O)CC(=O)O)c(OC)c2)ccc1N(CC(=O)O)CC(=O)O.[Na].[Na].[Na].[Na]. The van der Waals surface area contributed by atoms with Gasteiger partial charge in [-0.25, -0.2) is 0 Å². The number of anilines is 2. The summed E-state index contributed by atoms with van der Waals surface area (Å²) < 4.78 is 10.7. The van der Waals surface area contributed by atoms with Gasteiger partial charge in [-0.3, -0.25) is 19.2 Å². The molecule has 0 aliphatic carbocycles. The third-order valence-electron chi connectivity index (χ3n) is 4.68. The van der Waals surface area contributed by atoms with Gasteiger partial charge in [0.2, 0.25) is 0 Å². The van der Waals surface area contributed by atoms with Crippen molar-refractivity contribution >= 4 is 153 Å². The molecule has 16 heteroatoms. The standard InChI is InChI=1S/C22H24N2O10.4Na/c1-33-17-7-13(3-5-15(17)23(9-19(25)26)10-20(27)28)14-4-6-16(18(8-14)34-2)24(11-21(29)30)12-22(31)32;;;;/h3-8H,9-12H2,1-2H3,(H,25,26)(H,27,28)(H,29,30)(H,31,32);;;;. The maximum absolute atomic E-state index is 11.2. The van der Waals surface area contributed by atoms with Gasteiger partial charge in [-0.15, -0.1) is 0 Å². The van der Waals surface area contributed by atoms with Crippen molar-refractivity contribution in [3.8, 4) is 22.6 Å². The molecule has 186 valence electrons. The summed E-state index contributed by atoms with van der Waals surface area (Å²) in [6.45, 7) is -2.19. The number of aliphatic carboxylic acids is 4. The summed E-state index contributed by atoms with van der Waals surface area (Å²) in [5.74, 6) is -4.36. The van der Waals surface area contributed by atoms with E-state index in [4.69, 9.17) is 29.9 Å². The number of hydrogen-bond acceptors (Lipinski definition) is 8. The Morgan fingerprint density at radius 1 is 0.579 bits per heavy atom. The molecule has 0 aliphatic heterocycles. The normalized spacial score (nSPS) is 9.21. The Balaban J connectivity index is -0.00000306. The molecule has 0 spiro atoms. The maximum atomic E-state index is 11.2. The molecular weight excluding hydrogens is 544 g/mol. The number of carbonyl (C=O) groups is 4. The first-order valence-corrected chi connectivity index (χ1v) is 9.79. The van der Waals surface area contributed by atoms with Crippen LogP contribution in [-0.4, -0.2) is 203 Å². The zero-order valence-corrected chi connectivity index (χ0v) is 30.4. The van der Waals surface area contributed by atoms with Crippen LogP contribution in [0, 0.1) is 0 Å². The number of rotatable bonds is 13. The van der Waals surface area contributed by atoms with Gasteiger partial charge in [0.1, 0.15) is 37.7 Å². The van der Waals surface area contributed by atoms with Crippen LogP contribution < -0.4 is 19.3 Å². The molecule has 0 fully saturated rings. The van der Waals surface area contributed by atoms with E-state index in [2.05, 4.69) is 0 Å². The van der Waals surface area contributed by atoms with Crippen LogP contribution in [0.2, 0.25) is 0 Å². The van der Waals surface area contributed by atoms with E-state index in [1.165, 1.54) is 26.4 Å². The van der Waals surface area contributed by atoms with E-state index in [0.717, 1.165) is 9.80 Å². The molecule has 0 unspecified atom stereocenters. The summed E-state index contributed by atoms with van der Waals surface area (Å²) >= 11 is 0. The van der Waals surface area contributed by atoms with Gasteiger partial charge < -0.3 is 39.7 Å². The molecule has 0 amide bonds. The Morgan fingerprint density at radius 3 is 1.05 bits per heavy atom. The number of ether oxygens (including phenoxy) is 2. The van der Waals surface area contributed by atoms with Crippen LogP contribution in [0.15, 0.2) is 36.4 Å². The van der Waals surface area contributed by atoms with Crippen molar-refractivity contribution in [3.05, 3.63) is 36.4 Å². The first-order valence-electron chi connectivity index (χ1n) is 9.79. The van der Waals surface area contributed by atoms with Gasteiger partial charge in [-0.05, 0) is 35.4 Å². The van der Waals surface area contributed by atoms with Crippen molar-refractivity contribution in [2.24, 2.45) is 0 Å². The van der Waals surface area contributed by atoms with E-state index in [0.29, 0.717) is 11.1 Å². The number of nitrogens with zero attached hydrogens (tertiary/aromatic N) is 2. The molecule has 0 atom stereocenters. The number of methoxy groups -OCH3 is 2. The van der Waals surface area contributed by atoms with E-state index in [1.54, 1.807) is 24.3 Å². The molecule has 12 nitrogen and oxygen atoms in total. The average Bonchev–Trinajstić information content (AvgIpc) is 2.76. The third kappa shape index (κ3) is 12.8. The number of carboxylic acids is 4. The zero-order chi connectivity index (χ0) is 25.4. The van der Waals surface area contributed by atoms with Crippen LogP contribution in [-0.2, 0) is 19.2 Å². The Morgan fingerprint density at radius 2 is 0.842 bits per heavy atom. The summed E-state index contributed by atoms with van der Waals surface area (Å²) in [6, 6.07) is 9.51. The van der Waals surface area contributed by atoms with Crippen LogP contribution in [0.1, 0.15) is 0 Å². The minimum atomic E-state index is -1.21. The predicted molar refractivity (Wildman–Crippen MR) is 143 cm³/mol. The van der Waals surface area contributed by atoms with E-state index in [9.17, 15) is 19.2 Å². The summed E-state index contributed by atoms with van der Waals surface area (Å²) in [6.07, 6.45) is 0. The average molecular weight is 568 g/mol. The minimum Gasteiger partial charge on any atom is -0.495 e. The maximum Gasteiger partial charge on any atom is 0.323 e. The Bertz CT molecular complexity index is 986. The molecule has 0 aliphatic rings. The van der Waals surface area contributed by atoms with Crippen molar-refractivity contribution in [1.29, 1.82) is 0 Å². The molecule has 0 heterocycles. The second-order valence-electron chi connectivity index (χ2n) is 7.06. The van der Waals surface area contributed by atoms with Crippen molar-refractivity contribution in [2.75, 3.05) is 50.2 Å². The van der Waals surface area contributed by atoms with Crippen molar-refractivity contribution < 1.29 is 49.1 Å². The van der Waals surface area contributed by atoms with Gasteiger partial charge in [0, 0.05) is 118 Å². The van der Waals surface area contributed by atoms with Crippen LogP contribution >= 0.6 is 0 Å². The summed E-state index contributed by atoms with van der Waals surface area (Å²) in [7, 11) is 2.73. The largest absolute Gasteiger partial charge is 0.495 e. The molecule has 2 aromatic carbocycles. The molecule has 0 saturated heterocycles. The minimum absolute atomic E-state index is 0. The first-order chi connectivity index (χ1) is 16.0. The van der Waals surface area contributed by atoms with E-state index in [1.807, 2.05) is 0 Å². The summed E-state index contributed by atoms with van der Waals surface area (Å²) in [5, 5.41) is 36.5. The molecule has 2 aromatic rings. The topological polar surface area (TPSA) is 174 Å². The van der Waals surface area contributed by atoms with E-state index >= 15 is 0 Å². The van der Waals surface area contributed by atoms with Crippen molar-refractivity contribution in [3.63, 3.8) is 0 Å². The molecular formula is C22H24N2Na4O10. The van der Waals surface area contributed by atoms with Gasteiger partial charge in [0.15, 0.2) is 0 Å². The van der Waals surface area contributed by atoms with Crippen LogP contribution in [0.5, 0.6) is 11.5 Å². The quantitative estimate of drug-likeness (QED) is 0.235. The van der Waals surface area contributed by atoms with Crippen molar-refractivity contribution in [1.82, 2.24) is 0 Å². The summed E-state index contributed by atoms with van der Waals surface area (Å²) in [4.78, 5) is 47.0. The molecule has 38 heavy (non-hydrogen) atoms.